The first-order valence-electron chi connectivity index (χ1n) is 7.50. The van der Waals surface area contributed by atoms with Crippen LogP contribution in [-0.2, 0) is 19.3 Å². The molecule has 0 aliphatic heterocycles. The Morgan fingerprint density at radius 2 is 2.10 bits per heavy atom. The van der Waals surface area contributed by atoms with Crippen LogP contribution in [-0.4, -0.2) is 4.98 Å². The van der Waals surface area contributed by atoms with E-state index >= 15 is 0 Å². The van der Waals surface area contributed by atoms with E-state index in [1.54, 1.807) is 0 Å². The predicted octanol–water partition coefficient (Wildman–Crippen LogP) is 4.19. The maximum absolute atomic E-state index is 9.33. The first kappa shape index (κ1) is 13.6. The fraction of sp³-hybridized carbons (Fsp3) is 0.333. The van der Waals surface area contributed by atoms with Crippen molar-refractivity contribution in [2.75, 3.05) is 0 Å². The van der Waals surface area contributed by atoms with Gasteiger partial charge in [0.2, 0.25) is 5.88 Å². The third-order valence-electron chi connectivity index (χ3n) is 3.91. The lowest BCUT2D eigenvalue weighted by Crippen LogP contribution is -2.07. The quantitative estimate of drug-likeness (QED) is 0.845. The van der Waals surface area contributed by atoms with E-state index in [-0.39, 0.29) is 0 Å². The second-order valence-electron chi connectivity index (χ2n) is 5.37. The molecule has 0 atom stereocenters. The predicted molar refractivity (Wildman–Crippen MR) is 81.5 cm³/mol. The van der Waals surface area contributed by atoms with Crippen molar-refractivity contribution in [2.45, 2.75) is 39.0 Å². The van der Waals surface area contributed by atoms with E-state index in [2.05, 4.69) is 24.0 Å². The van der Waals surface area contributed by atoms with E-state index in [1.807, 2.05) is 24.3 Å². The molecule has 1 aliphatic carbocycles. The Morgan fingerprint density at radius 3 is 2.90 bits per heavy atom. The highest BCUT2D eigenvalue weighted by atomic mass is 16.5. The van der Waals surface area contributed by atoms with Crippen LogP contribution in [0.15, 0.2) is 30.3 Å². The van der Waals surface area contributed by atoms with Gasteiger partial charge in [0, 0.05) is 5.69 Å². The SMILES string of the molecule is CCc1cccc(Oc2nc3c(cc2C#N)CCCC3)c1. The van der Waals surface area contributed by atoms with Crippen LogP contribution in [0.4, 0.5) is 0 Å². The normalized spacial score (nSPS) is 13.3. The van der Waals surface area contributed by atoms with Gasteiger partial charge in [-0.25, -0.2) is 4.98 Å². The standard InChI is InChI=1S/C18H18N2O/c1-2-13-6-5-8-16(10-13)21-18-15(12-19)11-14-7-3-4-9-17(14)20-18/h5-6,8,10-11H,2-4,7,9H2,1H3. The summed E-state index contributed by atoms with van der Waals surface area (Å²) in [6, 6.07) is 12.1. The lowest BCUT2D eigenvalue weighted by atomic mass is 9.95. The lowest BCUT2D eigenvalue weighted by Gasteiger charge is -2.16. The minimum atomic E-state index is 0.436. The van der Waals surface area contributed by atoms with Gasteiger partial charge in [0.1, 0.15) is 17.4 Å². The summed E-state index contributed by atoms with van der Waals surface area (Å²) in [6.07, 6.45) is 5.30. The van der Waals surface area contributed by atoms with Crippen LogP contribution in [0, 0.1) is 11.3 Å². The fourth-order valence-corrected chi connectivity index (χ4v) is 2.71. The van der Waals surface area contributed by atoms with Gasteiger partial charge in [-0.3, -0.25) is 0 Å². The minimum absolute atomic E-state index is 0.436. The molecular weight excluding hydrogens is 260 g/mol. The van der Waals surface area contributed by atoms with Crippen LogP contribution in [0.5, 0.6) is 11.6 Å². The van der Waals surface area contributed by atoms with E-state index < -0.39 is 0 Å². The number of pyridine rings is 1. The number of hydrogen-bond donors (Lipinski definition) is 0. The molecule has 0 saturated carbocycles. The molecule has 0 bridgehead atoms. The van der Waals surface area contributed by atoms with Crippen molar-refractivity contribution in [1.29, 1.82) is 5.26 Å². The average molecular weight is 278 g/mol. The molecule has 1 aromatic carbocycles. The third-order valence-corrected chi connectivity index (χ3v) is 3.91. The Bertz CT molecular complexity index is 701. The number of rotatable bonds is 3. The molecule has 0 unspecified atom stereocenters. The third kappa shape index (κ3) is 2.90. The minimum Gasteiger partial charge on any atom is -0.438 e. The van der Waals surface area contributed by atoms with E-state index in [1.165, 1.54) is 17.5 Å². The maximum Gasteiger partial charge on any atom is 0.237 e. The topological polar surface area (TPSA) is 45.9 Å². The van der Waals surface area contributed by atoms with Crippen molar-refractivity contribution in [3.8, 4) is 17.7 Å². The zero-order valence-corrected chi connectivity index (χ0v) is 12.2. The molecule has 3 rings (SSSR count). The molecule has 1 aromatic heterocycles. The van der Waals surface area contributed by atoms with Gasteiger partial charge in [-0.2, -0.15) is 5.26 Å². The van der Waals surface area contributed by atoms with Crippen LogP contribution in [0.2, 0.25) is 0 Å². The fourth-order valence-electron chi connectivity index (χ4n) is 2.71. The molecule has 0 amide bonds. The summed E-state index contributed by atoms with van der Waals surface area (Å²) in [5.74, 6) is 1.18. The van der Waals surface area contributed by atoms with E-state index in [0.29, 0.717) is 11.4 Å². The molecule has 0 N–H and O–H groups in total. The van der Waals surface area contributed by atoms with Gasteiger partial charge in [-0.15, -0.1) is 0 Å². The second-order valence-corrected chi connectivity index (χ2v) is 5.37. The van der Waals surface area contributed by atoms with E-state index in [0.717, 1.165) is 37.1 Å². The number of aromatic nitrogens is 1. The number of fused-ring (bicyclic) bond motifs is 1. The molecule has 21 heavy (non-hydrogen) atoms. The molecular formula is C18H18N2O. The summed E-state index contributed by atoms with van der Waals surface area (Å²) >= 11 is 0. The van der Waals surface area contributed by atoms with Gasteiger partial charge < -0.3 is 4.74 Å². The molecule has 0 radical (unpaired) electrons. The number of hydrogen-bond acceptors (Lipinski definition) is 3. The second kappa shape index (κ2) is 5.97. The zero-order chi connectivity index (χ0) is 14.7. The molecule has 1 aliphatic rings. The van der Waals surface area contributed by atoms with Crippen molar-refractivity contribution in [3.63, 3.8) is 0 Å². The van der Waals surface area contributed by atoms with Crippen LogP contribution in [0.1, 0.15) is 42.1 Å². The summed E-state index contributed by atoms with van der Waals surface area (Å²) in [6.45, 7) is 2.11. The summed E-state index contributed by atoms with van der Waals surface area (Å²) in [5, 5.41) is 9.33. The molecule has 3 nitrogen and oxygen atoms in total. The highest BCUT2D eigenvalue weighted by molar-refractivity contribution is 5.45. The van der Waals surface area contributed by atoms with Crippen molar-refractivity contribution in [1.82, 2.24) is 4.98 Å². The van der Waals surface area contributed by atoms with Crippen molar-refractivity contribution < 1.29 is 4.74 Å². The van der Waals surface area contributed by atoms with Gasteiger partial charge in [-0.05, 0) is 61.4 Å². The number of nitrogens with zero attached hydrogens (tertiary/aromatic N) is 2. The van der Waals surface area contributed by atoms with Crippen LogP contribution in [0.3, 0.4) is 0 Å². The van der Waals surface area contributed by atoms with Crippen molar-refractivity contribution in [3.05, 3.63) is 52.7 Å². The highest BCUT2D eigenvalue weighted by Crippen LogP contribution is 2.29. The monoisotopic (exact) mass is 278 g/mol. The lowest BCUT2D eigenvalue weighted by molar-refractivity contribution is 0.455. The summed E-state index contributed by atoms with van der Waals surface area (Å²) in [4.78, 5) is 4.59. The molecule has 2 aromatic rings. The summed E-state index contributed by atoms with van der Waals surface area (Å²) in [7, 11) is 0. The largest absolute Gasteiger partial charge is 0.438 e. The van der Waals surface area contributed by atoms with Gasteiger partial charge in [0.05, 0.1) is 0 Å². The van der Waals surface area contributed by atoms with Crippen LogP contribution >= 0.6 is 0 Å². The van der Waals surface area contributed by atoms with E-state index in [4.69, 9.17) is 4.74 Å². The number of ether oxygens (including phenoxy) is 1. The van der Waals surface area contributed by atoms with Crippen molar-refractivity contribution in [2.24, 2.45) is 0 Å². The molecule has 3 heteroatoms. The first-order valence-corrected chi connectivity index (χ1v) is 7.50. The van der Waals surface area contributed by atoms with E-state index in [9.17, 15) is 5.26 Å². The Morgan fingerprint density at radius 1 is 1.24 bits per heavy atom. The first-order chi connectivity index (χ1) is 10.3. The Labute approximate surface area is 125 Å². The van der Waals surface area contributed by atoms with Gasteiger partial charge in [0.15, 0.2) is 0 Å². The average Bonchev–Trinajstić information content (AvgIpc) is 2.54. The smallest absolute Gasteiger partial charge is 0.237 e. The molecule has 0 saturated heterocycles. The molecule has 0 spiro atoms. The number of aryl methyl sites for hydroxylation is 3. The van der Waals surface area contributed by atoms with Gasteiger partial charge >= 0.3 is 0 Å². The summed E-state index contributed by atoms with van der Waals surface area (Å²) in [5.41, 5.74) is 4.02. The Kier molecular flexibility index (Phi) is 3.87. The highest BCUT2D eigenvalue weighted by Gasteiger charge is 2.16. The van der Waals surface area contributed by atoms with Crippen LogP contribution in [0.25, 0.3) is 0 Å². The number of nitriles is 1. The zero-order valence-electron chi connectivity index (χ0n) is 12.2. The molecule has 1 heterocycles. The van der Waals surface area contributed by atoms with Gasteiger partial charge in [-0.1, -0.05) is 19.1 Å². The molecule has 106 valence electrons. The summed E-state index contributed by atoms with van der Waals surface area (Å²) < 4.78 is 5.88. The number of benzene rings is 1. The van der Waals surface area contributed by atoms with Crippen LogP contribution < -0.4 is 4.74 Å². The van der Waals surface area contributed by atoms with Crippen molar-refractivity contribution >= 4 is 0 Å². The van der Waals surface area contributed by atoms with Gasteiger partial charge in [0.25, 0.3) is 0 Å². The maximum atomic E-state index is 9.33. The molecule has 0 fully saturated rings. The Balaban J connectivity index is 1.95. The Hall–Kier alpha value is -2.34.